The van der Waals surface area contributed by atoms with Crippen LogP contribution in [0.3, 0.4) is 0 Å². The molecule has 5 nitrogen and oxygen atoms in total. The van der Waals surface area contributed by atoms with Gasteiger partial charge in [-0.1, -0.05) is 0 Å². The number of likely N-dealkylation sites (tertiary alicyclic amines) is 1. The zero-order valence-corrected chi connectivity index (χ0v) is 13.4. The zero-order valence-electron chi connectivity index (χ0n) is 11.8. The molecule has 114 valence electrons. The van der Waals surface area contributed by atoms with Crippen LogP contribution < -0.4 is 0 Å². The normalized spacial score (nSPS) is 17.1. The van der Waals surface area contributed by atoms with Crippen molar-refractivity contribution in [1.82, 2.24) is 9.21 Å². The fraction of sp³-hybridized carbons (Fsp3) is 0.692. The molecule has 20 heavy (non-hydrogen) atoms. The Balaban J connectivity index is 1.96. The minimum atomic E-state index is -3.38. The second-order valence-electron chi connectivity index (χ2n) is 5.07. The van der Waals surface area contributed by atoms with Crippen molar-refractivity contribution >= 4 is 21.4 Å². The Bertz CT molecular complexity index is 521. The highest BCUT2D eigenvalue weighted by molar-refractivity contribution is 7.91. The van der Waals surface area contributed by atoms with Crippen molar-refractivity contribution in [2.24, 2.45) is 0 Å². The molecule has 0 unspecified atom stereocenters. The Morgan fingerprint density at radius 1 is 1.35 bits per heavy atom. The van der Waals surface area contributed by atoms with Crippen molar-refractivity contribution in [1.29, 1.82) is 0 Å². The van der Waals surface area contributed by atoms with Crippen LogP contribution in [0.15, 0.2) is 16.3 Å². The Morgan fingerprint density at radius 2 is 2.05 bits per heavy atom. The summed E-state index contributed by atoms with van der Waals surface area (Å²) < 4.78 is 26.6. The van der Waals surface area contributed by atoms with E-state index in [0.717, 1.165) is 24.5 Å². The Morgan fingerprint density at radius 3 is 2.70 bits per heavy atom. The standard InChI is InChI=1S/C13H22N2O3S2/c1-14(9-10-15-7-2-3-8-15)20(17,18)13-5-4-12(19-13)6-11-16/h4-5,16H,2-3,6-11H2,1H3. The van der Waals surface area contributed by atoms with Crippen molar-refractivity contribution in [3.63, 3.8) is 0 Å². The van der Waals surface area contributed by atoms with Crippen molar-refractivity contribution in [2.75, 3.05) is 39.8 Å². The highest BCUT2D eigenvalue weighted by Gasteiger charge is 2.23. The lowest BCUT2D eigenvalue weighted by atomic mass is 10.4. The van der Waals surface area contributed by atoms with E-state index in [1.54, 1.807) is 19.2 Å². The van der Waals surface area contributed by atoms with Gasteiger partial charge in [-0.2, -0.15) is 4.31 Å². The highest BCUT2D eigenvalue weighted by atomic mass is 32.2. The van der Waals surface area contributed by atoms with Crippen LogP contribution in [0.2, 0.25) is 0 Å². The summed E-state index contributed by atoms with van der Waals surface area (Å²) in [6.07, 6.45) is 2.94. The molecular formula is C13H22N2O3S2. The number of thiophene rings is 1. The van der Waals surface area contributed by atoms with E-state index in [0.29, 0.717) is 17.2 Å². The second kappa shape index (κ2) is 7.00. The Labute approximate surface area is 124 Å². The van der Waals surface area contributed by atoms with Gasteiger partial charge in [0.05, 0.1) is 0 Å². The van der Waals surface area contributed by atoms with Gasteiger partial charge in [-0.25, -0.2) is 8.42 Å². The van der Waals surface area contributed by atoms with Crippen LogP contribution in [0.1, 0.15) is 17.7 Å². The van der Waals surface area contributed by atoms with Gasteiger partial charge in [-0.15, -0.1) is 11.3 Å². The van der Waals surface area contributed by atoms with E-state index in [1.807, 2.05) is 0 Å². The number of nitrogens with zero attached hydrogens (tertiary/aromatic N) is 2. The molecule has 2 heterocycles. The summed E-state index contributed by atoms with van der Waals surface area (Å²) >= 11 is 1.25. The minimum Gasteiger partial charge on any atom is -0.396 e. The first-order valence-corrected chi connectivity index (χ1v) is 9.18. The third-order valence-corrected chi connectivity index (χ3v) is 7.06. The molecule has 1 aromatic rings. The van der Waals surface area contributed by atoms with Crippen molar-refractivity contribution in [3.05, 3.63) is 17.0 Å². The largest absolute Gasteiger partial charge is 0.396 e. The van der Waals surface area contributed by atoms with E-state index < -0.39 is 10.0 Å². The second-order valence-corrected chi connectivity index (χ2v) is 8.51. The van der Waals surface area contributed by atoms with Crippen LogP contribution in [0.25, 0.3) is 0 Å². The predicted molar refractivity (Wildman–Crippen MR) is 80.6 cm³/mol. The van der Waals surface area contributed by atoms with Crippen molar-refractivity contribution in [3.8, 4) is 0 Å². The monoisotopic (exact) mass is 318 g/mol. The summed E-state index contributed by atoms with van der Waals surface area (Å²) in [4.78, 5) is 3.21. The summed E-state index contributed by atoms with van der Waals surface area (Å²) in [6.45, 7) is 3.52. The van der Waals surface area contributed by atoms with Crippen molar-refractivity contribution in [2.45, 2.75) is 23.5 Å². The first-order valence-electron chi connectivity index (χ1n) is 6.92. The molecule has 0 radical (unpaired) electrons. The number of hydrogen-bond acceptors (Lipinski definition) is 5. The van der Waals surface area contributed by atoms with Gasteiger partial charge in [0.15, 0.2) is 0 Å². The number of rotatable bonds is 7. The molecule has 1 fully saturated rings. The van der Waals surface area contributed by atoms with E-state index in [1.165, 1.54) is 28.5 Å². The molecule has 0 amide bonds. The molecular weight excluding hydrogens is 296 g/mol. The fourth-order valence-corrected chi connectivity index (χ4v) is 5.02. The van der Waals surface area contributed by atoms with Crippen LogP contribution in [0.4, 0.5) is 0 Å². The zero-order chi connectivity index (χ0) is 14.6. The van der Waals surface area contributed by atoms with Crippen LogP contribution in [-0.2, 0) is 16.4 Å². The van der Waals surface area contributed by atoms with E-state index >= 15 is 0 Å². The molecule has 0 spiro atoms. The Hall–Kier alpha value is -0.470. The third-order valence-electron chi connectivity index (χ3n) is 3.59. The number of aliphatic hydroxyl groups is 1. The number of sulfonamides is 1. The maximum atomic E-state index is 12.4. The lowest BCUT2D eigenvalue weighted by Gasteiger charge is -2.20. The van der Waals surface area contributed by atoms with E-state index in [4.69, 9.17) is 5.11 Å². The van der Waals surface area contributed by atoms with Crippen LogP contribution in [0.5, 0.6) is 0 Å². The highest BCUT2D eigenvalue weighted by Crippen LogP contribution is 2.24. The van der Waals surface area contributed by atoms with Gasteiger partial charge in [0, 0.05) is 38.0 Å². The molecule has 2 rings (SSSR count). The Kier molecular flexibility index (Phi) is 5.57. The number of hydrogen-bond donors (Lipinski definition) is 1. The van der Waals surface area contributed by atoms with Gasteiger partial charge in [0.2, 0.25) is 0 Å². The lowest BCUT2D eigenvalue weighted by Crippen LogP contribution is -2.34. The predicted octanol–water partition coefficient (Wildman–Crippen LogP) is 0.999. The molecule has 1 aromatic heterocycles. The molecule has 1 N–H and O–H groups in total. The molecule has 0 bridgehead atoms. The van der Waals surface area contributed by atoms with Gasteiger partial charge in [-0.05, 0) is 38.1 Å². The summed E-state index contributed by atoms with van der Waals surface area (Å²) in [5.41, 5.74) is 0. The SMILES string of the molecule is CN(CCN1CCCC1)S(=O)(=O)c1ccc(CCO)s1. The molecule has 0 aromatic carbocycles. The van der Waals surface area contributed by atoms with E-state index in [2.05, 4.69) is 4.90 Å². The molecule has 1 saturated heterocycles. The molecule has 1 aliphatic rings. The first kappa shape index (κ1) is 15.9. The third kappa shape index (κ3) is 3.79. The molecule has 0 saturated carbocycles. The molecule has 7 heteroatoms. The maximum absolute atomic E-state index is 12.4. The summed E-state index contributed by atoms with van der Waals surface area (Å²) in [5.74, 6) is 0. The van der Waals surface area contributed by atoms with Gasteiger partial charge in [0.1, 0.15) is 4.21 Å². The topological polar surface area (TPSA) is 60.9 Å². The summed E-state index contributed by atoms with van der Waals surface area (Å²) in [7, 11) is -1.75. The van der Waals surface area contributed by atoms with E-state index in [9.17, 15) is 8.42 Å². The number of aliphatic hydroxyl groups excluding tert-OH is 1. The smallest absolute Gasteiger partial charge is 0.252 e. The summed E-state index contributed by atoms with van der Waals surface area (Å²) in [5, 5.41) is 8.89. The quantitative estimate of drug-likeness (QED) is 0.815. The van der Waals surface area contributed by atoms with Crippen LogP contribution in [-0.4, -0.2) is 62.6 Å². The molecule has 0 aliphatic carbocycles. The minimum absolute atomic E-state index is 0.0464. The summed E-state index contributed by atoms with van der Waals surface area (Å²) in [6, 6.07) is 3.42. The fourth-order valence-electron chi connectivity index (χ4n) is 2.30. The average molecular weight is 318 g/mol. The maximum Gasteiger partial charge on any atom is 0.252 e. The van der Waals surface area contributed by atoms with Crippen molar-refractivity contribution < 1.29 is 13.5 Å². The van der Waals surface area contributed by atoms with Gasteiger partial charge in [0.25, 0.3) is 10.0 Å². The van der Waals surface area contributed by atoms with E-state index in [-0.39, 0.29) is 6.61 Å². The van der Waals surface area contributed by atoms with Gasteiger partial charge >= 0.3 is 0 Å². The van der Waals surface area contributed by atoms with Crippen LogP contribution in [0, 0.1) is 0 Å². The number of likely N-dealkylation sites (N-methyl/N-ethyl adjacent to an activating group) is 1. The molecule has 0 atom stereocenters. The average Bonchev–Trinajstić information content (AvgIpc) is 3.07. The first-order chi connectivity index (χ1) is 9.54. The van der Waals surface area contributed by atoms with Gasteiger partial charge < -0.3 is 10.0 Å². The van der Waals surface area contributed by atoms with Crippen LogP contribution >= 0.6 is 11.3 Å². The van der Waals surface area contributed by atoms with Gasteiger partial charge in [-0.3, -0.25) is 0 Å². The molecule has 1 aliphatic heterocycles. The lowest BCUT2D eigenvalue weighted by molar-refractivity contribution is 0.300.